The summed E-state index contributed by atoms with van der Waals surface area (Å²) in [6.45, 7) is 13.3. The lowest BCUT2D eigenvalue weighted by atomic mass is 9.73. The van der Waals surface area contributed by atoms with Gasteiger partial charge in [0, 0.05) is 52.3 Å². The number of likely N-dealkylation sites (N-methyl/N-ethyl adjacent to an activating group) is 1. The van der Waals surface area contributed by atoms with Crippen LogP contribution in [0, 0.1) is 33.6 Å². The van der Waals surface area contributed by atoms with Crippen LogP contribution in [0.4, 0.5) is 0 Å². The number of aromatic nitrogens is 4. The van der Waals surface area contributed by atoms with Crippen molar-refractivity contribution in [2.45, 2.75) is 59.9 Å². The summed E-state index contributed by atoms with van der Waals surface area (Å²) in [5.74, 6) is 3.37. The molecule has 3 atom stereocenters. The van der Waals surface area contributed by atoms with Crippen LogP contribution in [0.5, 0.6) is 11.5 Å². The van der Waals surface area contributed by atoms with Crippen molar-refractivity contribution in [3.63, 3.8) is 0 Å². The van der Waals surface area contributed by atoms with Gasteiger partial charge in [0.2, 0.25) is 0 Å². The fourth-order valence-electron chi connectivity index (χ4n) is 7.62. The van der Waals surface area contributed by atoms with Gasteiger partial charge in [0.05, 0.1) is 22.4 Å². The first-order valence-corrected chi connectivity index (χ1v) is 16.3. The van der Waals surface area contributed by atoms with E-state index >= 15 is 0 Å². The fraction of sp³-hybridized carbons (Fsp3) is 0.300. The average Bonchev–Trinajstić information content (AvgIpc) is 3.49. The molecular formula is C40H43N5O. The standard InChI is InChI=1S/C40H43N5O/c1-24-15-16-41-38(19-24)44-36-12-10-9-11-34(36)35-14-13-32(23-37(35)44)46-33-18-25(2)17-31(22-33)45-29(6)40(28(5)42-45)39-26(3)20-30(43(7)8)21-27(39)4/h9-20,22-23,27,30,39H,21H2,1-8H3/t27-,30?,39+/m0/s1. The van der Waals surface area contributed by atoms with Crippen molar-refractivity contribution in [2.24, 2.45) is 5.92 Å². The highest BCUT2D eigenvalue weighted by molar-refractivity contribution is 6.09. The molecule has 46 heavy (non-hydrogen) atoms. The number of rotatable bonds is 6. The Labute approximate surface area is 271 Å². The number of aryl methyl sites for hydroxylation is 3. The van der Waals surface area contributed by atoms with Gasteiger partial charge in [-0.05, 0) is 115 Å². The van der Waals surface area contributed by atoms with E-state index in [1.54, 1.807) is 0 Å². The van der Waals surface area contributed by atoms with E-state index in [1.165, 1.54) is 33.2 Å². The highest BCUT2D eigenvalue weighted by atomic mass is 16.5. The highest BCUT2D eigenvalue weighted by Gasteiger charge is 2.33. The Morgan fingerprint density at radius 2 is 1.59 bits per heavy atom. The van der Waals surface area contributed by atoms with Crippen molar-refractivity contribution in [1.29, 1.82) is 0 Å². The van der Waals surface area contributed by atoms with Gasteiger partial charge in [0.1, 0.15) is 17.3 Å². The molecule has 234 valence electrons. The van der Waals surface area contributed by atoms with Crippen LogP contribution < -0.4 is 4.74 Å². The molecule has 0 fully saturated rings. The summed E-state index contributed by atoms with van der Waals surface area (Å²) >= 11 is 0. The predicted molar refractivity (Wildman–Crippen MR) is 189 cm³/mol. The Kier molecular flexibility index (Phi) is 7.56. The number of hydrogen-bond donors (Lipinski definition) is 0. The van der Waals surface area contributed by atoms with Gasteiger partial charge in [-0.15, -0.1) is 0 Å². The number of allylic oxidation sites excluding steroid dienone is 1. The number of hydrogen-bond acceptors (Lipinski definition) is 4. The second-order valence-electron chi connectivity index (χ2n) is 13.5. The maximum Gasteiger partial charge on any atom is 0.137 e. The Hall–Kier alpha value is -4.68. The molecule has 0 N–H and O–H groups in total. The molecule has 1 aliphatic carbocycles. The van der Waals surface area contributed by atoms with E-state index in [2.05, 4.69) is 143 Å². The lowest BCUT2D eigenvalue weighted by molar-refractivity contribution is 0.266. The zero-order valence-electron chi connectivity index (χ0n) is 28.2. The molecule has 0 spiro atoms. The molecular weight excluding hydrogens is 566 g/mol. The smallest absolute Gasteiger partial charge is 0.137 e. The fourth-order valence-corrected chi connectivity index (χ4v) is 7.62. The van der Waals surface area contributed by atoms with E-state index in [9.17, 15) is 0 Å². The summed E-state index contributed by atoms with van der Waals surface area (Å²) in [5.41, 5.74) is 10.6. The first kappa shape index (κ1) is 30.0. The van der Waals surface area contributed by atoms with Crippen molar-refractivity contribution in [1.82, 2.24) is 24.2 Å². The van der Waals surface area contributed by atoms with Gasteiger partial charge in [-0.3, -0.25) is 4.57 Å². The summed E-state index contributed by atoms with van der Waals surface area (Å²) in [5, 5.41) is 7.46. The van der Waals surface area contributed by atoms with Gasteiger partial charge in [-0.25, -0.2) is 9.67 Å². The average molecular weight is 610 g/mol. The molecule has 6 nitrogen and oxygen atoms in total. The zero-order valence-corrected chi connectivity index (χ0v) is 28.2. The van der Waals surface area contributed by atoms with Crippen LogP contribution in [0.3, 0.4) is 0 Å². The molecule has 3 aromatic carbocycles. The molecule has 1 unspecified atom stereocenters. The summed E-state index contributed by atoms with van der Waals surface area (Å²) in [7, 11) is 4.35. The van der Waals surface area contributed by atoms with Crippen molar-refractivity contribution in [3.8, 4) is 23.0 Å². The Morgan fingerprint density at radius 3 is 2.35 bits per heavy atom. The molecule has 0 saturated carbocycles. The van der Waals surface area contributed by atoms with Crippen LogP contribution in [0.15, 0.2) is 90.6 Å². The highest BCUT2D eigenvalue weighted by Crippen LogP contribution is 2.42. The van der Waals surface area contributed by atoms with Crippen LogP contribution in [0.2, 0.25) is 0 Å². The van der Waals surface area contributed by atoms with Crippen LogP contribution >= 0.6 is 0 Å². The number of fused-ring (bicyclic) bond motifs is 3. The van der Waals surface area contributed by atoms with E-state index in [0.717, 1.165) is 51.7 Å². The maximum absolute atomic E-state index is 6.61. The monoisotopic (exact) mass is 609 g/mol. The van der Waals surface area contributed by atoms with E-state index in [1.807, 2.05) is 12.3 Å². The third-order valence-electron chi connectivity index (χ3n) is 9.74. The lowest BCUT2D eigenvalue weighted by Crippen LogP contribution is -2.33. The van der Waals surface area contributed by atoms with Gasteiger partial charge in [0.15, 0.2) is 0 Å². The summed E-state index contributed by atoms with van der Waals surface area (Å²) < 4.78 is 10.9. The van der Waals surface area contributed by atoms with Gasteiger partial charge in [-0.1, -0.05) is 36.8 Å². The summed E-state index contributed by atoms with van der Waals surface area (Å²) in [6, 6.07) is 25.9. The van der Waals surface area contributed by atoms with E-state index < -0.39 is 0 Å². The van der Waals surface area contributed by atoms with Crippen molar-refractivity contribution in [2.75, 3.05) is 14.1 Å². The van der Waals surface area contributed by atoms with Gasteiger partial charge >= 0.3 is 0 Å². The molecule has 7 rings (SSSR count). The minimum absolute atomic E-state index is 0.367. The summed E-state index contributed by atoms with van der Waals surface area (Å²) in [4.78, 5) is 7.06. The number of para-hydroxylation sites is 1. The van der Waals surface area contributed by atoms with Gasteiger partial charge in [-0.2, -0.15) is 5.10 Å². The lowest BCUT2D eigenvalue weighted by Gasteiger charge is -2.36. The first-order chi connectivity index (χ1) is 22.1. The van der Waals surface area contributed by atoms with Crippen LogP contribution in [0.25, 0.3) is 33.3 Å². The van der Waals surface area contributed by atoms with Crippen LogP contribution in [-0.2, 0) is 0 Å². The van der Waals surface area contributed by atoms with Crippen LogP contribution in [-0.4, -0.2) is 44.4 Å². The Balaban J connectivity index is 1.27. The SMILES string of the molecule is CC1=CC(N(C)C)C[C@H](C)[C@@H]1c1c(C)nn(-c2cc(C)cc(Oc3ccc4c5ccccc5n(-c5cc(C)ccn5)c4c3)c2)c1C. The molecule has 1 aliphatic rings. The Morgan fingerprint density at radius 1 is 0.804 bits per heavy atom. The molecule has 3 aromatic heterocycles. The molecule has 0 bridgehead atoms. The third kappa shape index (κ3) is 5.21. The first-order valence-electron chi connectivity index (χ1n) is 16.3. The van der Waals surface area contributed by atoms with E-state index in [0.29, 0.717) is 17.9 Å². The van der Waals surface area contributed by atoms with Crippen molar-refractivity contribution < 1.29 is 4.74 Å². The maximum atomic E-state index is 6.61. The van der Waals surface area contributed by atoms with E-state index in [-0.39, 0.29) is 0 Å². The zero-order chi connectivity index (χ0) is 32.3. The van der Waals surface area contributed by atoms with Crippen molar-refractivity contribution >= 4 is 21.8 Å². The van der Waals surface area contributed by atoms with Gasteiger partial charge < -0.3 is 9.64 Å². The number of nitrogens with zero attached hydrogens (tertiary/aromatic N) is 5. The molecule has 6 aromatic rings. The second-order valence-corrected chi connectivity index (χ2v) is 13.5. The van der Waals surface area contributed by atoms with Gasteiger partial charge in [0.25, 0.3) is 0 Å². The van der Waals surface area contributed by atoms with E-state index in [4.69, 9.17) is 14.8 Å². The molecule has 6 heteroatoms. The largest absolute Gasteiger partial charge is 0.457 e. The molecule has 0 aliphatic heterocycles. The van der Waals surface area contributed by atoms with Crippen LogP contribution in [0.1, 0.15) is 54.3 Å². The number of benzene rings is 3. The minimum atomic E-state index is 0.367. The normalized spacial score (nSPS) is 18.5. The molecule has 0 amide bonds. The topological polar surface area (TPSA) is 48.1 Å². The number of pyridine rings is 1. The van der Waals surface area contributed by atoms with Crippen molar-refractivity contribution in [3.05, 3.63) is 119 Å². The second kappa shape index (κ2) is 11.6. The molecule has 3 heterocycles. The number of ether oxygens (including phenoxy) is 1. The third-order valence-corrected chi connectivity index (χ3v) is 9.74. The minimum Gasteiger partial charge on any atom is -0.457 e. The molecule has 0 saturated heterocycles. The molecule has 0 radical (unpaired) electrons. The Bertz CT molecular complexity index is 2130. The quantitative estimate of drug-likeness (QED) is 0.177. The summed E-state index contributed by atoms with van der Waals surface area (Å²) in [6.07, 6.45) is 5.47. The predicted octanol–water partition coefficient (Wildman–Crippen LogP) is 9.39.